The first kappa shape index (κ1) is 18.6. The summed E-state index contributed by atoms with van der Waals surface area (Å²) in [7, 11) is 0. The number of aliphatic imine (C=N–C) groups is 2. The van der Waals surface area contributed by atoms with Gasteiger partial charge in [-0.15, -0.1) is 0 Å². The van der Waals surface area contributed by atoms with Crippen molar-refractivity contribution in [2.24, 2.45) is 9.98 Å². The van der Waals surface area contributed by atoms with Crippen LogP contribution in [0.15, 0.2) is 82.8 Å². The summed E-state index contributed by atoms with van der Waals surface area (Å²) in [5.41, 5.74) is 2.37. The Labute approximate surface area is 150 Å². The van der Waals surface area contributed by atoms with Gasteiger partial charge in [0.25, 0.3) is 0 Å². The molecule has 0 atom stereocenters. The molecule has 0 aliphatic heterocycles. The highest BCUT2D eigenvalue weighted by molar-refractivity contribution is 5.78. The van der Waals surface area contributed by atoms with Crippen LogP contribution < -0.4 is 5.32 Å². The number of nitrogens with one attached hydrogen (secondary N) is 1. The third-order valence-corrected chi connectivity index (χ3v) is 3.39. The Kier molecular flexibility index (Phi) is 9.37. The van der Waals surface area contributed by atoms with Crippen LogP contribution in [0.3, 0.4) is 0 Å². The van der Waals surface area contributed by atoms with Gasteiger partial charge in [-0.05, 0) is 23.3 Å². The molecule has 0 aliphatic rings. The quantitative estimate of drug-likeness (QED) is 0.515. The summed E-state index contributed by atoms with van der Waals surface area (Å²) in [6.45, 7) is 3.28. The van der Waals surface area contributed by atoms with Crippen molar-refractivity contribution in [1.82, 2.24) is 5.32 Å². The molecule has 0 aromatic heterocycles. The van der Waals surface area contributed by atoms with Gasteiger partial charge >= 0.3 is 0 Å². The molecule has 0 unspecified atom stereocenters. The van der Waals surface area contributed by atoms with E-state index in [0.717, 1.165) is 26.2 Å². The average Bonchev–Trinajstić information content (AvgIpc) is 2.67. The van der Waals surface area contributed by atoms with Crippen LogP contribution in [0.1, 0.15) is 11.1 Å². The van der Waals surface area contributed by atoms with E-state index in [9.17, 15) is 0 Å². The van der Waals surface area contributed by atoms with Crippen molar-refractivity contribution >= 4 is 24.6 Å². The molecule has 2 rings (SSSR count). The molecule has 25 heavy (non-hydrogen) atoms. The van der Waals surface area contributed by atoms with Crippen LogP contribution >= 0.6 is 0 Å². The fourth-order valence-corrected chi connectivity index (χ4v) is 2.12. The monoisotopic (exact) mass is 331 g/mol. The van der Waals surface area contributed by atoms with Gasteiger partial charge in [0, 0.05) is 25.5 Å². The molecule has 0 fully saturated rings. The molecule has 0 aliphatic carbocycles. The predicted octanol–water partition coefficient (Wildman–Crippen LogP) is 4.14. The van der Waals surface area contributed by atoms with Crippen molar-refractivity contribution in [2.75, 3.05) is 26.2 Å². The lowest BCUT2D eigenvalue weighted by Crippen LogP contribution is -2.20. The van der Waals surface area contributed by atoms with E-state index in [1.165, 1.54) is 11.1 Å². The summed E-state index contributed by atoms with van der Waals surface area (Å²) in [5, 5.41) is 3.33. The molecular formula is C22H25N3. The zero-order chi connectivity index (χ0) is 17.4. The third-order valence-electron chi connectivity index (χ3n) is 3.39. The van der Waals surface area contributed by atoms with Crippen molar-refractivity contribution < 1.29 is 0 Å². The smallest absolute Gasteiger partial charge is 0.0514 e. The first-order chi connectivity index (χ1) is 12.4. The predicted molar refractivity (Wildman–Crippen MR) is 111 cm³/mol. The minimum Gasteiger partial charge on any atom is -0.313 e. The fourth-order valence-electron chi connectivity index (χ4n) is 2.12. The Bertz CT molecular complexity index is 624. The second-order valence-electron chi connectivity index (χ2n) is 5.40. The molecule has 0 amide bonds. The summed E-state index contributed by atoms with van der Waals surface area (Å²) >= 11 is 0. The number of allylic oxidation sites excluding steroid dienone is 2. The largest absolute Gasteiger partial charge is 0.313 e. The topological polar surface area (TPSA) is 36.8 Å². The number of hydrogen-bond donors (Lipinski definition) is 1. The third kappa shape index (κ3) is 9.18. The molecule has 0 heterocycles. The molecule has 0 saturated carbocycles. The Morgan fingerprint density at radius 3 is 1.52 bits per heavy atom. The van der Waals surface area contributed by atoms with Gasteiger partial charge in [-0.3, -0.25) is 9.98 Å². The minimum absolute atomic E-state index is 0.775. The first-order valence-corrected chi connectivity index (χ1v) is 8.59. The van der Waals surface area contributed by atoms with Crippen LogP contribution in [0, 0.1) is 0 Å². The molecule has 128 valence electrons. The first-order valence-electron chi connectivity index (χ1n) is 8.59. The average molecular weight is 331 g/mol. The zero-order valence-corrected chi connectivity index (χ0v) is 14.5. The lowest BCUT2D eigenvalue weighted by molar-refractivity contribution is 0.699. The molecule has 0 bridgehead atoms. The molecule has 0 saturated heterocycles. The van der Waals surface area contributed by atoms with Crippen LogP contribution in [-0.2, 0) is 0 Å². The minimum atomic E-state index is 0.775. The highest BCUT2D eigenvalue weighted by Crippen LogP contribution is 2.00. The van der Waals surface area contributed by atoms with Crippen molar-refractivity contribution in [2.45, 2.75) is 0 Å². The Morgan fingerprint density at radius 1 is 0.640 bits per heavy atom. The standard InChI is InChI=1S/C22H25N3/c1-3-9-21(10-4-1)13-7-15-23-17-19-25-20-18-24-16-8-14-22-11-5-2-6-12-22/h1-16,25H,17-20H2/b13-7+,14-8+,23-15?,24-16?. The highest BCUT2D eigenvalue weighted by atomic mass is 14.9. The van der Waals surface area contributed by atoms with Gasteiger partial charge in [-0.2, -0.15) is 0 Å². The maximum atomic E-state index is 4.34. The summed E-state index contributed by atoms with van der Waals surface area (Å²) in [4.78, 5) is 8.69. The normalized spacial score (nSPS) is 12.2. The second kappa shape index (κ2) is 12.6. The van der Waals surface area contributed by atoms with E-state index in [1.54, 1.807) is 0 Å². The molecule has 3 heteroatoms. The SMILES string of the molecule is C(/C=C/c1ccccc1)=NCCNCCN=C/C=C/c1ccccc1. The van der Waals surface area contributed by atoms with E-state index in [4.69, 9.17) is 0 Å². The Morgan fingerprint density at radius 2 is 1.08 bits per heavy atom. The van der Waals surface area contributed by atoms with Crippen LogP contribution in [0.5, 0.6) is 0 Å². The lowest BCUT2D eigenvalue weighted by Gasteiger charge is -1.98. The van der Waals surface area contributed by atoms with Gasteiger partial charge in [0.15, 0.2) is 0 Å². The van der Waals surface area contributed by atoms with E-state index in [-0.39, 0.29) is 0 Å². The van der Waals surface area contributed by atoms with Gasteiger partial charge in [0.1, 0.15) is 0 Å². The number of benzene rings is 2. The lowest BCUT2D eigenvalue weighted by atomic mass is 10.2. The van der Waals surface area contributed by atoms with Gasteiger partial charge in [-0.1, -0.05) is 72.8 Å². The zero-order valence-electron chi connectivity index (χ0n) is 14.5. The molecule has 2 aromatic rings. The van der Waals surface area contributed by atoms with Crippen molar-refractivity contribution in [3.05, 3.63) is 83.9 Å². The van der Waals surface area contributed by atoms with E-state index in [2.05, 4.69) is 51.7 Å². The second-order valence-corrected chi connectivity index (χ2v) is 5.40. The van der Waals surface area contributed by atoms with Crippen molar-refractivity contribution in [3.63, 3.8) is 0 Å². The molecule has 1 N–H and O–H groups in total. The van der Waals surface area contributed by atoms with Crippen LogP contribution in [0.25, 0.3) is 12.2 Å². The molecular weight excluding hydrogens is 306 g/mol. The molecule has 0 radical (unpaired) electrons. The number of hydrogen-bond acceptors (Lipinski definition) is 3. The highest BCUT2D eigenvalue weighted by Gasteiger charge is 1.84. The van der Waals surface area contributed by atoms with Crippen molar-refractivity contribution in [1.29, 1.82) is 0 Å². The maximum absolute atomic E-state index is 4.34. The van der Waals surface area contributed by atoms with E-state index < -0.39 is 0 Å². The summed E-state index contributed by atoms with van der Waals surface area (Å²) in [5.74, 6) is 0. The van der Waals surface area contributed by atoms with Crippen LogP contribution in [0.4, 0.5) is 0 Å². The number of rotatable bonds is 10. The maximum Gasteiger partial charge on any atom is 0.0514 e. The van der Waals surface area contributed by atoms with Gasteiger partial charge in [-0.25, -0.2) is 0 Å². The Balaban J connectivity index is 1.48. The molecule has 2 aromatic carbocycles. The Hall–Kier alpha value is -2.78. The summed E-state index contributed by atoms with van der Waals surface area (Å²) in [6, 6.07) is 20.4. The van der Waals surface area contributed by atoms with Gasteiger partial charge < -0.3 is 5.32 Å². The van der Waals surface area contributed by atoms with E-state index in [0.29, 0.717) is 0 Å². The number of nitrogens with zero attached hydrogens (tertiary/aromatic N) is 2. The van der Waals surface area contributed by atoms with Gasteiger partial charge in [0.05, 0.1) is 13.1 Å². The fraction of sp³-hybridized carbons (Fsp3) is 0.182. The van der Waals surface area contributed by atoms with E-state index in [1.807, 2.05) is 61.0 Å². The molecule has 0 spiro atoms. The van der Waals surface area contributed by atoms with E-state index >= 15 is 0 Å². The van der Waals surface area contributed by atoms with Gasteiger partial charge in [0.2, 0.25) is 0 Å². The van der Waals surface area contributed by atoms with Crippen LogP contribution in [0.2, 0.25) is 0 Å². The van der Waals surface area contributed by atoms with Crippen molar-refractivity contribution in [3.8, 4) is 0 Å². The molecule has 3 nitrogen and oxygen atoms in total. The van der Waals surface area contributed by atoms with Crippen LogP contribution in [-0.4, -0.2) is 38.6 Å². The summed E-state index contributed by atoms with van der Waals surface area (Å²) in [6.07, 6.45) is 11.7. The summed E-state index contributed by atoms with van der Waals surface area (Å²) < 4.78 is 0.